The molecule has 1 aliphatic rings. The molecule has 0 aromatic heterocycles. The summed E-state index contributed by atoms with van der Waals surface area (Å²) in [6.07, 6.45) is 0.157. The van der Waals surface area contributed by atoms with Crippen LogP contribution in [0.4, 0.5) is 10.5 Å². The SMILES string of the molecule is CCOC(=O)CC[C@@H](NC(=O)c1ccc2c(c1)CCN2C(=O)OCc1ccccc1)C(=O)OCC. The van der Waals surface area contributed by atoms with Crippen LogP contribution < -0.4 is 10.2 Å². The number of amides is 2. The van der Waals surface area contributed by atoms with Gasteiger partial charge in [-0.1, -0.05) is 30.3 Å². The minimum absolute atomic E-state index is 0.0260. The number of rotatable bonds is 10. The van der Waals surface area contributed by atoms with E-state index in [4.69, 9.17) is 14.2 Å². The molecule has 0 saturated carbocycles. The Morgan fingerprint density at radius 2 is 1.71 bits per heavy atom. The average Bonchev–Trinajstić information content (AvgIpc) is 3.29. The summed E-state index contributed by atoms with van der Waals surface area (Å²) in [6, 6.07) is 13.4. The van der Waals surface area contributed by atoms with Gasteiger partial charge in [0, 0.05) is 18.5 Å². The van der Waals surface area contributed by atoms with Crippen LogP contribution in [0, 0.1) is 0 Å². The lowest BCUT2D eigenvalue weighted by molar-refractivity contribution is -0.146. The van der Waals surface area contributed by atoms with Gasteiger partial charge in [0.15, 0.2) is 0 Å². The maximum absolute atomic E-state index is 12.9. The van der Waals surface area contributed by atoms with Gasteiger partial charge in [0.05, 0.1) is 18.9 Å². The fourth-order valence-corrected chi connectivity index (χ4v) is 3.76. The second-order valence-electron chi connectivity index (χ2n) is 7.91. The predicted octanol–water partition coefficient (Wildman–Crippen LogP) is 3.39. The number of nitrogens with one attached hydrogen (secondary N) is 1. The largest absolute Gasteiger partial charge is 0.466 e. The van der Waals surface area contributed by atoms with Crippen LogP contribution in [0.15, 0.2) is 48.5 Å². The van der Waals surface area contributed by atoms with Crippen LogP contribution in [0.3, 0.4) is 0 Å². The molecule has 1 heterocycles. The van der Waals surface area contributed by atoms with Gasteiger partial charge in [0.1, 0.15) is 12.6 Å². The van der Waals surface area contributed by atoms with E-state index in [9.17, 15) is 19.2 Å². The van der Waals surface area contributed by atoms with Crippen molar-refractivity contribution in [3.63, 3.8) is 0 Å². The highest BCUT2D eigenvalue weighted by Crippen LogP contribution is 2.29. The van der Waals surface area contributed by atoms with E-state index in [0.29, 0.717) is 24.2 Å². The Morgan fingerprint density at radius 3 is 2.43 bits per heavy atom. The molecule has 0 bridgehead atoms. The van der Waals surface area contributed by atoms with E-state index < -0.39 is 30.0 Å². The Bertz CT molecular complexity index is 1050. The summed E-state index contributed by atoms with van der Waals surface area (Å²) in [6.45, 7) is 4.37. The van der Waals surface area contributed by atoms with E-state index in [1.165, 1.54) is 0 Å². The van der Waals surface area contributed by atoms with E-state index in [2.05, 4.69) is 5.32 Å². The molecule has 2 aromatic rings. The van der Waals surface area contributed by atoms with Crippen LogP contribution in [0.1, 0.15) is 48.2 Å². The zero-order valence-electron chi connectivity index (χ0n) is 20.0. The molecule has 9 heteroatoms. The molecular weight excluding hydrogens is 452 g/mol. The molecule has 1 N–H and O–H groups in total. The van der Waals surface area contributed by atoms with Crippen LogP contribution in [0.25, 0.3) is 0 Å². The number of hydrogen-bond donors (Lipinski definition) is 1. The molecule has 0 saturated heterocycles. The first-order chi connectivity index (χ1) is 16.9. The lowest BCUT2D eigenvalue weighted by Crippen LogP contribution is -2.42. The summed E-state index contributed by atoms with van der Waals surface area (Å²) in [7, 11) is 0. The fourth-order valence-electron chi connectivity index (χ4n) is 3.76. The highest BCUT2D eigenvalue weighted by atomic mass is 16.6. The third-order valence-electron chi connectivity index (χ3n) is 5.48. The van der Waals surface area contributed by atoms with Gasteiger partial charge < -0.3 is 19.5 Å². The Labute approximate surface area is 204 Å². The molecule has 0 aliphatic carbocycles. The van der Waals surface area contributed by atoms with Gasteiger partial charge >= 0.3 is 18.0 Å². The highest BCUT2D eigenvalue weighted by molar-refractivity contribution is 5.98. The standard InChI is InChI=1S/C26H30N2O7/c1-3-33-23(29)13-11-21(25(31)34-4-2)27-24(30)20-10-12-22-19(16-20)14-15-28(22)26(32)35-17-18-8-6-5-7-9-18/h5-10,12,16,21H,3-4,11,13-15,17H2,1-2H3,(H,27,30)/t21-/m1/s1. The van der Waals surface area contributed by atoms with Gasteiger partial charge in [-0.05, 0) is 56.0 Å². The van der Waals surface area contributed by atoms with Gasteiger partial charge in [-0.2, -0.15) is 0 Å². The average molecular weight is 483 g/mol. The maximum atomic E-state index is 12.9. The summed E-state index contributed by atoms with van der Waals surface area (Å²) < 4.78 is 15.4. The molecule has 186 valence electrons. The molecule has 0 fully saturated rings. The molecule has 2 amide bonds. The highest BCUT2D eigenvalue weighted by Gasteiger charge is 2.28. The number of ether oxygens (including phenoxy) is 3. The molecule has 0 radical (unpaired) electrons. The zero-order chi connectivity index (χ0) is 25.2. The van der Waals surface area contributed by atoms with Crippen LogP contribution in [0.2, 0.25) is 0 Å². The number of hydrogen-bond acceptors (Lipinski definition) is 7. The molecule has 1 atom stereocenters. The summed E-state index contributed by atoms with van der Waals surface area (Å²) in [5, 5.41) is 2.65. The number of anilines is 1. The number of carbonyl (C=O) groups is 4. The van der Waals surface area contributed by atoms with Crippen molar-refractivity contribution >= 4 is 29.6 Å². The summed E-state index contributed by atoms with van der Waals surface area (Å²) in [5.41, 5.74) is 2.75. The third kappa shape index (κ3) is 7.05. The van der Waals surface area contributed by atoms with Gasteiger partial charge in [-0.15, -0.1) is 0 Å². The van der Waals surface area contributed by atoms with Gasteiger partial charge in [0.2, 0.25) is 0 Å². The Kier molecular flexibility index (Phi) is 9.23. The first kappa shape index (κ1) is 25.7. The number of nitrogens with zero attached hydrogens (tertiary/aromatic N) is 1. The number of esters is 2. The van der Waals surface area contributed by atoms with Crippen LogP contribution in [0.5, 0.6) is 0 Å². The Morgan fingerprint density at radius 1 is 0.971 bits per heavy atom. The molecule has 1 aliphatic heterocycles. The van der Waals surface area contributed by atoms with Gasteiger partial charge in [-0.25, -0.2) is 9.59 Å². The summed E-state index contributed by atoms with van der Waals surface area (Å²) in [4.78, 5) is 51.0. The monoisotopic (exact) mass is 482 g/mol. The Balaban J connectivity index is 1.63. The van der Waals surface area contributed by atoms with Crippen molar-refractivity contribution in [3.05, 3.63) is 65.2 Å². The number of fused-ring (bicyclic) bond motifs is 1. The quantitative estimate of drug-likeness (QED) is 0.408. The van der Waals surface area contributed by atoms with Crippen LogP contribution in [-0.2, 0) is 36.8 Å². The van der Waals surface area contributed by atoms with E-state index in [-0.39, 0.29) is 32.7 Å². The molecule has 0 unspecified atom stereocenters. The lowest BCUT2D eigenvalue weighted by atomic mass is 10.1. The number of carbonyl (C=O) groups excluding carboxylic acids is 4. The molecule has 35 heavy (non-hydrogen) atoms. The normalized spacial score (nSPS) is 12.9. The molecule has 2 aromatic carbocycles. The lowest BCUT2D eigenvalue weighted by Gasteiger charge is -2.18. The van der Waals surface area contributed by atoms with Crippen molar-refractivity contribution in [1.29, 1.82) is 0 Å². The van der Waals surface area contributed by atoms with E-state index >= 15 is 0 Å². The van der Waals surface area contributed by atoms with Crippen molar-refractivity contribution in [2.24, 2.45) is 0 Å². The van der Waals surface area contributed by atoms with Gasteiger partial charge in [0.25, 0.3) is 5.91 Å². The predicted molar refractivity (Wildman–Crippen MR) is 128 cm³/mol. The van der Waals surface area contributed by atoms with E-state index in [0.717, 1.165) is 11.1 Å². The second-order valence-corrected chi connectivity index (χ2v) is 7.91. The minimum Gasteiger partial charge on any atom is -0.466 e. The van der Waals surface area contributed by atoms with Crippen molar-refractivity contribution in [2.75, 3.05) is 24.7 Å². The van der Waals surface area contributed by atoms with Crippen LogP contribution >= 0.6 is 0 Å². The third-order valence-corrected chi connectivity index (χ3v) is 5.48. The van der Waals surface area contributed by atoms with Gasteiger partial charge in [-0.3, -0.25) is 14.5 Å². The molecular formula is C26H30N2O7. The molecule has 9 nitrogen and oxygen atoms in total. The smallest absolute Gasteiger partial charge is 0.414 e. The van der Waals surface area contributed by atoms with Crippen molar-refractivity contribution in [1.82, 2.24) is 5.32 Å². The maximum Gasteiger partial charge on any atom is 0.414 e. The fraction of sp³-hybridized carbons (Fsp3) is 0.385. The number of benzene rings is 2. The summed E-state index contributed by atoms with van der Waals surface area (Å²) in [5.74, 6) is -1.54. The topological polar surface area (TPSA) is 111 Å². The first-order valence-electron chi connectivity index (χ1n) is 11.7. The van der Waals surface area contributed by atoms with Crippen LogP contribution in [-0.4, -0.2) is 49.7 Å². The second kappa shape index (κ2) is 12.5. The summed E-state index contributed by atoms with van der Waals surface area (Å²) >= 11 is 0. The van der Waals surface area contributed by atoms with Crippen molar-refractivity contribution < 1.29 is 33.4 Å². The van der Waals surface area contributed by atoms with Crippen molar-refractivity contribution in [3.8, 4) is 0 Å². The van der Waals surface area contributed by atoms with Crippen molar-refractivity contribution in [2.45, 2.75) is 45.8 Å². The first-order valence-corrected chi connectivity index (χ1v) is 11.7. The Hall–Kier alpha value is -3.88. The minimum atomic E-state index is -0.982. The van der Waals surface area contributed by atoms with E-state index in [1.54, 1.807) is 36.9 Å². The zero-order valence-corrected chi connectivity index (χ0v) is 20.0. The van der Waals surface area contributed by atoms with E-state index in [1.807, 2.05) is 30.3 Å². The molecule has 3 rings (SSSR count). The molecule has 0 spiro atoms.